The Bertz CT molecular complexity index is 373. The van der Waals surface area contributed by atoms with Crippen LogP contribution in [0.4, 0.5) is 0 Å². The Kier molecular flexibility index (Phi) is 4.65. The number of hydrogen-bond donors (Lipinski definition) is 1. The van der Waals surface area contributed by atoms with E-state index in [-0.39, 0.29) is 0 Å². The van der Waals surface area contributed by atoms with Gasteiger partial charge in [0, 0.05) is 17.6 Å². The van der Waals surface area contributed by atoms with Crippen LogP contribution in [0, 0.1) is 5.92 Å². The summed E-state index contributed by atoms with van der Waals surface area (Å²) in [5.74, 6) is 1.96. The van der Waals surface area contributed by atoms with Crippen molar-refractivity contribution >= 4 is 0 Å². The van der Waals surface area contributed by atoms with Gasteiger partial charge in [0.2, 0.25) is 0 Å². The Balaban J connectivity index is 1.98. The zero-order valence-electron chi connectivity index (χ0n) is 11.8. The van der Waals surface area contributed by atoms with Crippen molar-refractivity contribution in [2.45, 2.75) is 51.6 Å². The van der Waals surface area contributed by atoms with Gasteiger partial charge >= 0.3 is 0 Å². The first kappa shape index (κ1) is 13.4. The number of methoxy groups -OCH3 is 1. The molecule has 2 nitrogen and oxygen atoms in total. The Morgan fingerprint density at radius 1 is 1.33 bits per heavy atom. The molecule has 0 spiro atoms. The molecule has 0 amide bonds. The second-order valence-electron chi connectivity index (χ2n) is 5.41. The average Bonchev–Trinajstić information content (AvgIpc) is 3.21. The normalized spacial score (nSPS) is 18.4. The number of nitrogens with one attached hydrogen (secondary N) is 1. The van der Waals surface area contributed by atoms with E-state index in [4.69, 9.17) is 4.74 Å². The zero-order valence-corrected chi connectivity index (χ0v) is 11.8. The van der Waals surface area contributed by atoms with Crippen LogP contribution in [0.2, 0.25) is 0 Å². The van der Waals surface area contributed by atoms with Gasteiger partial charge in [-0.3, -0.25) is 0 Å². The molecule has 1 saturated carbocycles. The van der Waals surface area contributed by atoms with E-state index < -0.39 is 0 Å². The summed E-state index contributed by atoms with van der Waals surface area (Å²) < 4.78 is 5.44. The summed E-state index contributed by atoms with van der Waals surface area (Å²) in [7, 11) is 1.74. The van der Waals surface area contributed by atoms with Crippen LogP contribution in [0.5, 0.6) is 5.75 Å². The Labute approximate surface area is 111 Å². The SMILES string of the molecule is CCC(CC1CC1)NC(C)c1ccccc1OC. The van der Waals surface area contributed by atoms with E-state index in [2.05, 4.69) is 31.3 Å². The third-order valence-corrected chi connectivity index (χ3v) is 3.90. The Morgan fingerprint density at radius 3 is 2.67 bits per heavy atom. The van der Waals surface area contributed by atoms with Gasteiger partial charge < -0.3 is 10.1 Å². The van der Waals surface area contributed by atoms with Crippen molar-refractivity contribution in [2.75, 3.05) is 7.11 Å². The summed E-state index contributed by atoms with van der Waals surface area (Å²) in [6.07, 6.45) is 5.40. The molecule has 1 aliphatic carbocycles. The van der Waals surface area contributed by atoms with Crippen molar-refractivity contribution in [2.24, 2.45) is 5.92 Å². The van der Waals surface area contributed by atoms with E-state index in [1.54, 1.807) is 7.11 Å². The molecule has 2 rings (SSSR count). The van der Waals surface area contributed by atoms with Crippen LogP contribution in [-0.4, -0.2) is 13.2 Å². The fourth-order valence-electron chi connectivity index (χ4n) is 2.58. The van der Waals surface area contributed by atoms with Crippen LogP contribution >= 0.6 is 0 Å². The fourth-order valence-corrected chi connectivity index (χ4v) is 2.58. The van der Waals surface area contributed by atoms with Gasteiger partial charge in [-0.15, -0.1) is 0 Å². The lowest BCUT2D eigenvalue weighted by molar-refractivity contribution is 0.377. The van der Waals surface area contributed by atoms with Crippen molar-refractivity contribution in [3.8, 4) is 5.75 Å². The predicted octanol–water partition coefficient (Wildman–Crippen LogP) is 3.92. The first-order valence-corrected chi connectivity index (χ1v) is 7.13. The minimum absolute atomic E-state index is 0.352. The summed E-state index contributed by atoms with van der Waals surface area (Å²) in [5.41, 5.74) is 1.26. The molecule has 1 aromatic carbocycles. The molecule has 2 unspecified atom stereocenters. The van der Waals surface area contributed by atoms with Crippen molar-refractivity contribution < 1.29 is 4.74 Å². The molecule has 0 heterocycles. The maximum atomic E-state index is 5.44. The quantitative estimate of drug-likeness (QED) is 0.788. The average molecular weight is 247 g/mol. The highest BCUT2D eigenvalue weighted by atomic mass is 16.5. The van der Waals surface area contributed by atoms with E-state index in [1.165, 1.54) is 31.2 Å². The third-order valence-electron chi connectivity index (χ3n) is 3.90. The zero-order chi connectivity index (χ0) is 13.0. The smallest absolute Gasteiger partial charge is 0.123 e. The number of ether oxygens (including phenoxy) is 1. The van der Waals surface area contributed by atoms with E-state index in [0.29, 0.717) is 12.1 Å². The molecular formula is C16H25NO. The molecule has 0 aromatic heterocycles. The van der Waals surface area contributed by atoms with Crippen molar-refractivity contribution in [3.05, 3.63) is 29.8 Å². The number of para-hydroxylation sites is 1. The molecule has 2 heteroatoms. The van der Waals surface area contributed by atoms with E-state index >= 15 is 0 Å². The second-order valence-corrected chi connectivity index (χ2v) is 5.41. The highest BCUT2D eigenvalue weighted by Gasteiger charge is 2.25. The standard InChI is InChI=1S/C16H25NO/c1-4-14(11-13-9-10-13)17-12(2)15-7-5-6-8-16(15)18-3/h5-8,12-14,17H,4,9-11H2,1-3H3. The molecule has 100 valence electrons. The van der Waals surface area contributed by atoms with Crippen LogP contribution in [0.15, 0.2) is 24.3 Å². The van der Waals surface area contributed by atoms with Crippen molar-refractivity contribution in [1.82, 2.24) is 5.32 Å². The molecule has 0 aliphatic heterocycles. The molecule has 1 aromatic rings. The van der Waals surface area contributed by atoms with E-state index in [0.717, 1.165) is 11.7 Å². The molecule has 1 fully saturated rings. The predicted molar refractivity (Wildman–Crippen MR) is 76.0 cm³/mol. The van der Waals surface area contributed by atoms with Gasteiger partial charge in [0.1, 0.15) is 5.75 Å². The molecule has 0 saturated heterocycles. The van der Waals surface area contributed by atoms with Crippen LogP contribution in [0.1, 0.15) is 51.1 Å². The number of rotatable bonds is 7. The van der Waals surface area contributed by atoms with Gasteiger partial charge in [-0.1, -0.05) is 38.0 Å². The lowest BCUT2D eigenvalue weighted by Gasteiger charge is -2.23. The topological polar surface area (TPSA) is 21.3 Å². The van der Waals surface area contributed by atoms with Crippen LogP contribution in [0.3, 0.4) is 0 Å². The summed E-state index contributed by atoms with van der Waals surface area (Å²) in [6.45, 7) is 4.50. The van der Waals surface area contributed by atoms with Crippen LogP contribution < -0.4 is 10.1 Å². The van der Waals surface area contributed by atoms with Gasteiger partial charge in [-0.05, 0) is 31.7 Å². The van der Waals surface area contributed by atoms with E-state index in [9.17, 15) is 0 Å². The summed E-state index contributed by atoms with van der Waals surface area (Å²) in [6, 6.07) is 9.28. The fraction of sp³-hybridized carbons (Fsp3) is 0.625. The molecule has 0 bridgehead atoms. The molecule has 2 atom stereocenters. The molecular weight excluding hydrogens is 222 g/mol. The van der Waals surface area contributed by atoms with Gasteiger partial charge in [-0.25, -0.2) is 0 Å². The largest absolute Gasteiger partial charge is 0.496 e. The Hall–Kier alpha value is -1.02. The molecule has 1 aliphatic rings. The highest BCUT2D eigenvalue weighted by molar-refractivity contribution is 5.35. The summed E-state index contributed by atoms with van der Waals surface area (Å²) in [5, 5.41) is 3.75. The van der Waals surface area contributed by atoms with Gasteiger partial charge in [0.25, 0.3) is 0 Å². The maximum Gasteiger partial charge on any atom is 0.123 e. The van der Waals surface area contributed by atoms with Gasteiger partial charge in [-0.2, -0.15) is 0 Å². The van der Waals surface area contributed by atoms with Crippen LogP contribution in [0.25, 0.3) is 0 Å². The lowest BCUT2D eigenvalue weighted by Crippen LogP contribution is -2.31. The Morgan fingerprint density at radius 2 is 2.06 bits per heavy atom. The minimum atomic E-state index is 0.352. The van der Waals surface area contributed by atoms with Gasteiger partial charge in [0.15, 0.2) is 0 Å². The first-order valence-electron chi connectivity index (χ1n) is 7.13. The summed E-state index contributed by atoms with van der Waals surface area (Å²) >= 11 is 0. The van der Waals surface area contributed by atoms with E-state index in [1.807, 2.05) is 12.1 Å². The molecule has 18 heavy (non-hydrogen) atoms. The highest BCUT2D eigenvalue weighted by Crippen LogP contribution is 2.35. The van der Waals surface area contributed by atoms with Gasteiger partial charge in [0.05, 0.1) is 7.11 Å². The van der Waals surface area contributed by atoms with Crippen molar-refractivity contribution in [1.29, 1.82) is 0 Å². The lowest BCUT2D eigenvalue weighted by atomic mass is 10.0. The summed E-state index contributed by atoms with van der Waals surface area (Å²) in [4.78, 5) is 0. The first-order chi connectivity index (χ1) is 8.74. The monoisotopic (exact) mass is 247 g/mol. The third kappa shape index (κ3) is 3.49. The van der Waals surface area contributed by atoms with Crippen molar-refractivity contribution in [3.63, 3.8) is 0 Å². The second kappa shape index (κ2) is 6.24. The van der Waals surface area contributed by atoms with Crippen LogP contribution in [-0.2, 0) is 0 Å². The molecule has 0 radical (unpaired) electrons. The molecule has 1 N–H and O–H groups in total. The number of hydrogen-bond acceptors (Lipinski definition) is 2. The number of benzene rings is 1. The minimum Gasteiger partial charge on any atom is -0.496 e. The maximum absolute atomic E-state index is 5.44.